The first-order chi connectivity index (χ1) is 15.0. The van der Waals surface area contributed by atoms with Gasteiger partial charge in [-0.3, -0.25) is 9.89 Å². The van der Waals surface area contributed by atoms with E-state index >= 15 is 0 Å². The van der Waals surface area contributed by atoms with E-state index in [1.807, 2.05) is 13.8 Å². The summed E-state index contributed by atoms with van der Waals surface area (Å²) in [6.45, 7) is 3.62. The number of carbonyl (C=O) groups excluding carboxylic acids is 1. The molecule has 0 saturated carbocycles. The highest BCUT2D eigenvalue weighted by Gasteiger charge is 2.41. The highest BCUT2D eigenvalue weighted by molar-refractivity contribution is 7.89. The van der Waals surface area contributed by atoms with Gasteiger partial charge in [-0.05, 0) is 24.3 Å². The lowest BCUT2D eigenvalue weighted by atomic mass is 9.83. The fraction of sp³-hybridized carbons (Fsp3) is 0.273. The minimum Gasteiger partial charge on any atom is -0.398 e. The third-order valence-corrected chi connectivity index (χ3v) is 7.34. The van der Waals surface area contributed by atoms with Crippen molar-refractivity contribution in [2.24, 2.45) is 0 Å². The van der Waals surface area contributed by atoms with Gasteiger partial charge in [0.2, 0.25) is 10.0 Å². The van der Waals surface area contributed by atoms with Gasteiger partial charge in [0.15, 0.2) is 5.78 Å². The fourth-order valence-electron chi connectivity index (χ4n) is 4.03. The van der Waals surface area contributed by atoms with Crippen LogP contribution in [0.5, 0.6) is 0 Å². The highest BCUT2D eigenvalue weighted by atomic mass is 32.2. The predicted molar refractivity (Wildman–Crippen MR) is 114 cm³/mol. The number of benzene rings is 2. The van der Waals surface area contributed by atoms with Gasteiger partial charge in [-0.2, -0.15) is 9.40 Å². The Hall–Kier alpha value is -3.11. The molecule has 0 aliphatic carbocycles. The van der Waals surface area contributed by atoms with Crippen molar-refractivity contribution in [3.63, 3.8) is 0 Å². The van der Waals surface area contributed by atoms with Crippen molar-refractivity contribution < 1.29 is 22.0 Å². The van der Waals surface area contributed by atoms with Gasteiger partial charge in [0.05, 0.1) is 17.0 Å². The molecule has 10 heteroatoms. The maximum absolute atomic E-state index is 13.7. The van der Waals surface area contributed by atoms with Crippen LogP contribution in [0.15, 0.2) is 47.4 Å². The van der Waals surface area contributed by atoms with Gasteiger partial charge in [-0.1, -0.05) is 26.0 Å². The van der Waals surface area contributed by atoms with E-state index in [1.165, 1.54) is 0 Å². The van der Waals surface area contributed by atoms with E-state index in [0.717, 1.165) is 16.4 Å². The quantitative estimate of drug-likeness (QED) is 0.449. The molecule has 0 atom stereocenters. The molecule has 1 aliphatic heterocycles. The van der Waals surface area contributed by atoms with Gasteiger partial charge in [-0.25, -0.2) is 17.2 Å². The van der Waals surface area contributed by atoms with E-state index in [0.29, 0.717) is 34.3 Å². The molecule has 3 aromatic rings. The van der Waals surface area contributed by atoms with Crippen LogP contribution in [0.4, 0.5) is 14.5 Å². The molecule has 0 saturated heterocycles. The largest absolute Gasteiger partial charge is 0.398 e. The van der Waals surface area contributed by atoms with Crippen LogP contribution >= 0.6 is 0 Å². The second kappa shape index (κ2) is 7.79. The van der Waals surface area contributed by atoms with Crippen LogP contribution < -0.4 is 5.73 Å². The molecule has 4 rings (SSSR count). The first-order valence-corrected chi connectivity index (χ1v) is 11.3. The number of hydrogen-bond donors (Lipinski definition) is 2. The number of nitrogens with one attached hydrogen (secondary N) is 1. The minimum atomic E-state index is -4.20. The second-order valence-electron chi connectivity index (χ2n) is 8.48. The van der Waals surface area contributed by atoms with Crippen LogP contribution in [0.3, 0.4) is 0 Å². The van der Waals surface area contributed by atoms with E-state index in [2.05, 4.69) is 10.2 Å². The molecule has 2 aromatic carbocycles. The van der Waals surface area contributed by atoms with Gasteiger partial charge >= 0.3 is 0 Å². The Labute approximate surface area is 184 Å². The lowest BCUT2D eigenvalue weighted by Crippen LogP contribution is -2.45. The molecule has 0 fully saturated rings. The molecule has 0 unspecified atom stereocenters. The molecule has 2 heterocycles. The Morgan fingerprint density at radius 3 is 2.50 bits per heavy atom. The number of ketones is 1. The lowest BCUT2D eigenvalue weighted by molar-refractivity contribution is 0.0992. The number of nitrogens with zero attached hydrogens (tertiary/aromatic N) is 2. The van der Waals surface area contributed by atoms with Crippen molar-refractivity contribution in [1.29, 1.82) is 0 Å². The first kappa shape index (κ1) is 22.1. The average Bonchev–Trinajstić information content (AvgIpc) is 3.11. The maximum atomic E-state index is 13.7. The number of carbonyl (C=O) groups is 1. The molecule has 32 heavy (non-hydrogen) atoms. The number of sulfonamides is 1. The third-order valence-electron chi connectivity index (χ3n) is 5.57. The van der Waals surface area contributed by atoms with Crippen LogP contribution in [0.25, 0.3) is 0 Å². The maximum Gasteiger partial charge on any atom is 0.243 e. The normalized spacial score (nSPS) is 16.0. The molecule has 168 valence electrons. The number of nitrogens with two attached hydrogens (primary N) is 1. The van der Waals surface area contributed by atoms with Gasteiger partial charge in [0.25, 0.3) is 0 Å². The first-order valence-electron chi connectivity index (χ1n) is 9.89. The number of halogens is 2. The van der Waals surface area contributed by atoms with Gasteiger partial charge in [0, 0.05) is 47.1 Å². The summed E-state index contributed by atoms with van der Waals surface area (Å²) in [5.41, 5.74) is 7.63. The van der Waals surface area contributed by atoms with Crippen molar-refractivity contribution in [3.8, 4) is 0 Å². The Morgan fingerprint density at radius 1 is 1.19 bits per heavy atom. The smallest absolute Gasteiger partial charge is 0.243 e. The van der Waals surface area contributed by atoms with E-state index < -0.39 is 32.0 Å². The molecule has 3 N–H and O–H groups in total. The summed E-state index contributed by atoms with van der Waals surface area (Å²) in [6.07, 6.45) is -0.0465. The van der Waals surface area contributed by atoms with Crippen LogP contribution in [0, 0.1) is 11.6 Å². The van der Waals surface area contributed by atoms with Gasteiger partial charge in [-0.15, -0.1) is 0 Å². The average molecular weight is 461 g/mol. The molecular weight excluding hydrogens is 438 g/mol. The molecule has 0 bridgehead atoms. The summed E-state index contributed by atoms with van der Waals surface area (Å²) in [5.74, 6) is -2.19. The lowest BCUT2D eigenvalue weighted by Gasteiger charge is -2.36. The number of nitrogen functional groups attached to an aromatic ring is 1. The molecule has 0 radical (unpaired) electrons. The Balaban J connectivity index is 1.70. The van der Waals surface area contributed by atoms with Crippen LogP contribution in [-0.2, 0) is 28.4 Å². The zero-order chi connectivity index (χ0) is 23.3. The zero-order valence-electron chi connectivity index (χ0n) is 17.5. The molecule has 1 aliphatic rings. The number of anilines is 1. The number of hydrogen-bond acceptors (Lipinski definition) is 5. The standard InChI is InChI=1S/C22H22F2N4O3S/c1-22(2)12-28(32(30,31)15-8-13(23)7-14(24)9-15)11-17-19(26-27-21(17)22)10-20(29)16-5-3-4-6-18(16)25/h3-9H,10-12,25H2,1-2H3,(H,26,27). The number of rotatable bonds is 5. The van der Waals surface area contributed by atoms with Crippen molar-refractivity contribution in [2.75, 3.05) is 12.3 Å². The zero-order valence-corrected chi connectivity index (χ0v) is 18.3. The van der Waals surface area contributed by atoms with Crippen molar-refractivity contribution in [3.05, 3.63) is 76.6 Å². The fourth-order valence-corrected chi connectivity index (χ4v) is 5.64. The number of aromatic amines is 1. The molecule has 0 amide bonds. The van der Waals surface area contributed by atoms with E-state index in [1.54, 1.807) is 24.3 Å². The summed E-state index contributed by atoms with van der Waals surface area (Å²) in [6, 6.07) is 8.89. The Bertz CT molecular complexity index is 1300. The highest BCUT2D eigenvalue weighted by Crippen LogP contribution is 2.36. The number of fused-ring (bicyclic) bond motifs is 1. The molecule has 1 aromatic heterocycles. The molecular formula is C22H22F2N4O3S. The van der Waals surface area contributed by atoms with Crippen LogP contribution in [0.1, 0.15) is 41.2 Å². The summed E-state index contributed by atoms with van der Waals surface area (Å²) in [4.78, 5) is 12.3. The monoisotopic (exact) mass is 460 g/mol. The summed E-state index contributed by atoms with van der Waals surface area (Å²) >= 11 is 0. The topological polar surface area (TPSA) is 109 Å². The summed E-state index contributed by atoms with van der Waals surface area (Å²) in [5, 5.41) is 7.21. The van der Waals surface area contributed by atoms with Crippen molar-refractivity contribution >= 4 is 21.5 Å². The van der Waals surface area contributed by atoms with E-state index in [4.69, 9.17) is 5.73 Å². The summed E-state index contributed by atoms with van der Waals surface area (Å²) in [7, 11) is -4.20. The van der Waals surface area contributed by atoms with Crippen molar-refractivity contribution in [1.82, 2.24) is 14.5 Å². The van der Waals surface area contributed by atoms with Crippen molar-refractivity contribution in [2.45, 2.75) is 37.1 Å². The molecule has 7 nitrogen and oxygen atoms in total. The minimum absolute atomic E-state index is 0.0465. The van der Waals surface area contributed by atoms with E-state index in [9.17, 15) is 22.0 Å². The Morgan fingerprint density at radius 2 is 1.84 bits per heavy atom. The number of Topliss-reactive ketones (excluding diaryl/α,β-unsaturated/α-hetero) is 1. The van der Waals surface area contributed by atoms with Gasteiger partial charge < -0.3 is 5.73 Å². The van der Waals surface area contributed by atoms with Crippen LogP contribution in [-0.4, -0.2) is 35.2 Å². The number of H-pyrrole nitrogens is 1. The van der Waals surface area contributed by atoms with Crippen LogP contribution in [0.2, 0.25) is 0 Å². The number of aromatic nitrogens is 2. The Kier molecular flexibility index (Phi) is 5.38. The SMILES string of the molecule is CC1(C)CN(S(=O)(=O)c2cc(F)cc(F)c2)Cc2c1n[nH]c2CC(=O)c1ccccc1N. The predicted octanol–water partition coefficient (Wildman–Crippen LogP) is 3.18. The second-order valence-corrected chi connectivity index (χ2v) is 10.4. The van der Waals surface area contributed by atoms with E-state index in [-0.39, 0.29) is 25.3 Å². The third kappa shape index (κ3) is 3.91. The number of para-hydroxylation sites is 1. The summed E-state index contributed by atoms with van der Waals surface area (Å²) < 4.78 is 54.9. The molecule has 0 spiro atoms. The van der Waals surface area contributed by atoms with Gasteiger partial charge in [0.1, 0.15) is 11.6 Å².